The number of likely N-dealkylation sites (N-methyl/N-ethyl adjacent to an activating group) is 1. The molecular formula is C13H23NO2. The molecule has 0 aliphatic heterocycles. The first kappa shape index (κ1) is 13.2. The maximum atomic E-state index is 10.8. The number of rotatable bonds is 6. The normalized spacial score (nSPS) is 18.3. The number of carboxylic acids is 1. The lowest BCUT2D eigenvalue weighted by molar-refractivity contribution is -0.132. The van der Waals surface area contributed by atoms with E-state index in [1.54, 1.807) is 0 Å². The van der Waals surface area contributed by atoms with Crippen LogP contribution in [-0.2, 0) is 4.79 Å². The van der Waals surface area contributed by atoms with Crippen molar-refractivity contribution in [3.05, 3.63) is 11.6 Å². The average Bonchev–Trinajstić information content (AvgIpc) is 2.70. The Kier molecular flexibility index (Phi) is 5.53. The van der Waals surface area contributed by atoms with E-state index in [1.807, 2.05) is 13.0 Å². The van der Waals surface area contributed by atoms with Crippen LogP contribution in [0.1, 0.15) is 39.0 Å². The molecule has 1 rings (SSSR count). The zero-order valence-corrected chi connectivity index (χ0v) is 10.4. The Morgan fingerprint density at radius 1 is 1.44 bits per heavy atom. The monoisotopic (exact) mass is 225 g/mol. The van der Waals surface area contributed by atoms with Crippen molar-refractivity contribution in [3.8, 4) is 0 Å². The standard InChI is InChI=1S/C13H23NO2/c1-3-12(13(15)16)8-9-14(2)10-11-6-4-5-7-11/h8,11H,3-7,9-10H2,1-2H3,(H,15,16). The summed E-state index contributed by atoms with van der Waals surface area (Å²) in [7, 11) is 2.07. The molecule has 0 spiro atoms. The smallest absolute Gasteiger partial charge is 0.331 e. The lowest BCUT2D eigenvalue weighted by Crippen LogP contribution is -2.25. The number of aliphatic carboxylic acids is 1. The van der Waals surface area contributed by atoms with Crippen LogP contribution in [-0.4, -0.2) is 36.1 Å². The molecule has 0 aromatic heterocycles. The fourth-order valence-corrected chi connectivity index (χ4v) is 2.36. The van der Waals surface area contributed by atoms with Gasteiger partial charge in [0.15, 0.2) is 0 Å². The van der Waals surface area contributed by atoms with Gasteiger partial charge in [-0.1, -0.05) is 25.8 Å². The Hall–Kier alpha value is -0.830. The van der Waals surface area contributed by atoms with E-state index < -0.39 is 5.97 Å². The maximum absolute atomic E-state index is 10.8. The van der Waals surface area contributed by atoms with Crippen molar-refractivity contribution in [1.29, 1.82) is 0 Å². The minimum absolute atomic E-state index is 0.526. The molecule has 0 aromatic carbocycles. The topological polar surface area (TPSA) is 40.5 Å². The van der Waals surface area contributed by atoms with Crippen LogP contribution in [0.4, 0.5) is 0 Å². The molecule has 1 N–H and O–H groups in total. The molecule has 1 aliphatic rings. The highest BCUT2D eigenvalue weighted by Crippen LogP contribution is 2.25. The zero-order chi connectivity index (χ0) is 12.0. The molecule has 0 aromatic rings. The van der Waals surface area contributed by atoms with Gasteiger partial charge in [-0.25, -0.2) is 4.79 Å². The Morgan fingerprint density at radius 2 is 2.06 bits per heavy atom. The van der Waals surface area contributed by atoms with Crippen molar-refractivity contribution in [1.82, 2.24) is 4.90 Å². The SMILES string of the molecule is CCC(=CCN(C)CC1CCCC1)C(=O)O. The van der Waals surface area contributed by atoms with E-state index in [9.17, 15) is 4.79 Å². The highest BCUT2D eigenvalue weighted by atomic mass is 16.4. The molecule has 1 fully saturated rings. The third-order valence-electron chi connectivity index (χ3n) is 3.35. The fraction of sp³-hybridized carbons (Fsp3) is 0.769. The molecule has 3 nitrogen and oxygen atoms in total. The first-order chi connectivity index (χ1) is 7.63. The number of carbonyl (C=O) groups is 1. The van der Waals surface area contributed by atoms with Crippen LogP contribution >= 0.6 is 0 Å². The van der Waals surface area contributed by atoms with Crippen LogP contribution in [0.2, 0.25) is 0 Å². The number of carboxylic acid groups (broad SMARTS) is 1. The lowest BCUT2D eigenvalue weighted by atomic mass is 10.1. The highest BCUT2D eigenvalue weighted by molar-refractivity contribution is 5.86. The van der Waals surface area contributed by atoms with Crippen LogP contribution in [0.5, 0.6) is 0 Å². The quantitative estimate of drug-likeness (QED) is 0.706. The van der Waals surface area contributed by atoms with E-state index in [1.165, 1.54) is 25.7 Å². The van der Waals surface area contributed by atoms with Crippen LogP contribution in [0.25, 0.3) is 0 Å². The van der Waals surface area contributed by atoms with Gasteiger partial charge in [-0.3, -0.25) is 0 Å². The van der Waals surface area contributed by atoms with Gasteiger partial charge < -0.3 is 10.0 Å². The number of nitrogens with zero attached hydrogens (tertiary/aromatic N) is 1. The van der Waals surface area contributed by atoms with E-state index >= 15 is 0 Å². The van der Waals surface area contributed by atoms with Crippen molar-refractivity contribution in [2.24, 2.45) is 5.92 Å². The second kappa shape index (κ2) is 6.69. The Labute approximate surface area is 98.1 Å². The molecule has 0 heterocycles. The van der Waals surface area contributed by atoms with Crippen LogP contribution in [0.15, 0.2) is 11.6 Å². The zero-order valence-electron chi connectivity index (χ0n) is 10.4. The van der Waals surface area contributed by atoms with Crippen LogP contribution in [0, 0.1) is 5.92 Å². The first-order valence-corrected chi connectivity index (χ1v) is 6.24. The molecule has 0 unspecified atom stereocenters. The predicted octanol–water partition coefficient (Wildman–Crippen LogP) is 2.53. The van der Waals surface area contributed by atoms with E-state index in [-0.39, 0.29) is 0 Å². The van der Waals surface area contributed by atoms with Gasteiger partial charge >= 0.3 is 5.97 Å². The minimum Gasteiger partial charge on any atom is -0.478 e. The lowest BCUT2D eigenvalue weighted by Gasteiger charge is -2.19. The Balaban J connectivity index is 2.32. The third-order valence-corrected chi connectivity index (χ3v) is 3.35. The summed E-state index contributed by atoms with van der Waals surface area (Å²) in [6.07, 6.45) is 7.86. The number of hydrogen-bond acceptors (Lipinski definition) is 2. The van der Waals surface area contributed by atoms with Gasteiger partial charge in [0, 0.05) is 18.7 Å². The third kappa shape index (κ3) is 4.35. The van der Waals surface area contributed by atoms with Gasteiger partial charge in [0.25, 0.3) is 0 Å². The summed E-state index contributed by atoms with van der Waals surface area (Å²) in [5, 5.41) is 8.88. The summed E-state index contributed by atoms with van der Waals surface area (Å²) in [6.45, 7) is 3.75. The molecule has 1 aliphatic carbocycles. The van der Waals surface area contributed by atoms with Gasteiger partial charge in [0.2, 0.25) is 0 Å². The summed E-state index contributed by atoms with van der Waals surface area (Å²) in [6, 6.07) is 0. The van der Waals surface area contributed by atoms with Gasteiger partial charge in [-0.2, -0.15) is 0 Å². The van der Waals surface area contributed by atoms with Crippen molar-refractivity contribution < 1.29 is 9.90 Å². The number of hydrogen-bond donors (Lipinski definition) is 1. The molecule has 92 valence electrons. The summed E-state index contributed by atoms with van der Waals surface area (Å²) in [5.74, 6) is 0.0464. The van der Waals surface area contributed by atoms with Crippen LogP contribution in [0.3, 0.4) is 0 Å². The van der Waals surface area contributed by atoms with E-state index in [4.69, 9.17) is 5.11 Å². The molecular weight excluding hydrogens is 202 g/mol. The molecule has 0 bridgehead atoms. The fourth-order valence-electron chi connectivity index (χ4n) is 2.36. The molecule has 1 saturated carbocycles. The van der Waals surface area contributed by atoms with Gasteiger partial charge in [-0.15, -0.1) is 0 Å². The molecule has 16 heavy (non-hydrogen) atoms. The Bertz CT molecular complexity index is 255. The van der Waals surface area contributed by atoms with Crippen molar-refractivity contribution >= 4 is 5.97 Å². The second-order valence-corrected chi connectivity index (χ2v) is 4.76. The molecule has 0 atom stereocenters. The molecule has 3 heteroatoms. The average molecular weight is 225 g/mol. The van der Waals surface area contributed by atoms with Crippen molar-refractivity contribution in [2.75, 3.05) is 20.1 Å². The highest BCUT2D eigenvalue weighted by Gasteiger charge is 2.16. The minimum atomic E-state index is -0.781. The molecule has 0 saturated heterocycles. The summed E-state index contributed by atoms with van der Waals surface area (Å²) in [5.41, 5.74) is 0.526. The molecule has 0 radical (unpaired) electrons. The van der Waals surface area contributed by atoms with Crippen LogP contribution < -0.4 is 0 Å². The van der Waals surface area contributed by atoms with E-state index in [0.29, 0.717) is 12.0 Å². The van der Waals surface area contributed by atoms with E-state index in [2.05, 4.69) is 11.9 Å². The van der Waals surface area contributed by atoms with Gasteiger partial charge in [0.05, 0.1) is 0 Å². The van der Waals surface area contributed by atoms with Crippen molar-refractivity contribution in [2.45, 2.75) is 39.0 Å². The summed E-state index contributed by atoms with van der Waals surface area (Å²) in [4.78, 5) is 13.0. The second-order valence-electron chi connectivity index (χ2n) is 4.76. The van der Waals surface area contributed by atoms with Gasteiger partial charge in [-0.05, 0) is 32.2 Å². The largest absolute Gasteiger partial charge is 0.478 e. The summed E-state index contributed by atoms with van der Waals surface area (Å²) >= 11 is 0. The summed E-state index contributed by atoms with van der Waals surface area (Å²) < 4.78 is 0. The molecule has 0 amide bonds. The first-order valence-electron chi connectivity index (χ1n) is 6.24. The predicted molar refractivity (Wildman–Crippen MR) is 65.5 cm³/mol. The van der Waals surface area contributed by atoms with E-state index in [0.717, 1.165) is 19.0 Å². The van der Waals surface area contributed by atoms with Crippen molar-refractivity contribution in [3.63, 3.8) is 0 Å². The van der Waals surface area contributed by atoms with Gasteiger partial charge in [0.1, 0.15) is 0 Å². The Morgan fingerprint density at radius 3 is 2.56 bits per heavy atom. The maximum Gasteiger partial charge on any atom is 0.331 e.